The second-order valence-electron chi connectivity index (χ2n) is 6.01. The lowest BCUT2D eigenvalue weighted by atomic mass is 10.1. The van der Waals surface area contributed by atoms with Gasteiger partial charge in [-0.3, -0.25) is 0 Å². The maximum absolute atomic E-state index is 12.2. The third kappa shape index (κ3) is 3.46. The number of aromatic nitrogens is 2. The molecule has 2 aromatic carbocycles. The molecule has 0 amide bonds. The number of ether oxygens (including phenoxy) is 1. The highest BCUT2D eigenvalue weighted by Gasteiger charge is 2.19. The van der Waals surface area contributed by atoms with Gasteiger partial charge in [-0.1, -0.05) is 23.8 Å². The Morgan fingerprint density at radius 3 is 2.74 bits per heavy atom. The van der Waals surface area contributed by atoms with Crippen LogP contribution in [0.1, 0.15) is 21.7 Å². The quantitative estimate of drug-likeness (QED) is 0.418. The number of phenolic OH excluding ortho intramolecular Hbond substituents is 1. The molecule has 0 atom stereocenters. The first-order valence-electron chi connectivity index (χ1n) is 8.13. The number of benzene rings is 2. The first-order valence-corrected chi connectivity index (χ1v) is 8.13. The third-order valence-electron chi connectivity index (χ3n) is 4.12. The van der Waals surface area contributed by atoms with Gasteiger partial charge >= 0.3 is 5.97 Å². The molecule has 0 aliphatic heterocycles. The first-order chi connectivity index (χ1) is 12.9. The van der Waals surface area contributed by atoms with Gasteiger partial charge in [0.1, 0.15) is 29.6 Å². The van der Waals surface area contributed by atoms with Crippen molar-refractivity contribution in [1.82, 2.24) is 9.55 Å². The van der Waals surface area contributed by atoms with Crippen molar-refractivity contribution in [3.05, 3.63) is 65.2 Å². The van der Waals surface area contributed by atoms with E-state index < -0.39 is 18.3 Å². The van der Waals surface area contributed by atoms with Crippen LogP contribution in [0.15, 0.2) is 48.2 Å². The number of carbonyl (C=O) groups is 1. The van der Waals surface area contributed by atoms with Crippen LogP contribution in [0.3, 0.4) is 0 Å². The number of aliphatic hydroxyl groups excluding tert-OH is 1. The van der Waals surface area contributed by atoms with E-state index in [0.29, 0.717) is 5.52 Å². The molecule has 2 N–H and O–H groups in total. The Morgan fingerprint density at radius 1 is 1.30 bits per heavy atom. The number of nitriles is 1. The molecule has 0 bridgehead atoms. The van der Waals surface area contributed by atoms with Gasteiger partial charge in [-0.05, 0) is 31.2 Å². The van der Waals surface area contributed by atoms with Gasteiger partial charge in [0.25, 0.3) is 0 Å². The number of rotatable bonds is 4. The SMILES string of the molecule is Cc1ccc(O)c(C(=O)OCC(O)=C(C#N)c2nc3ccccc3n2C)c1. The van der Waals surface area contributed by atoms with Gasteiger partial charge < -0.3 is 19.5 Å². The Bertz CT molecular complexity index is 1110. The van der Waals surface area contributed by atoms with Gasteiger partial charge in [-0.2, -0.15) is 5.26 Å². The molecule has 7 heteroatoms. The van der Waals surface area contributed by atoms with E-state index >= 15 is 0 Å². The highest BCUT2D eigenvalue weighted by atomic mass is 16.5. The summed E-state index contributed by atoms with van der Waals surface area (Å²) in [6.07, 6.45) is 0. The average Bonchev–Trinajstić information content (AvgIpc) is 2.99. The molecule has 7 nitrogen and oxygen atoms in total. The van der Waals surface area contributed by atoms with Crippen LogP contribution in [0.4, 0.5) is 0 Å². The molecule has 27 heavy (non-hydrogen) atoms. The Kier molecular flexibility index (Phi) is 4.81. The lowest BCUT2D eigenvalue weighted by molar-refractivity contribution is 0.0499. The molecular formula is C20H17N3O4. The minimum absolute atomic E-state index is 0.0102. The summed E-state index contributed by atoms with van der Waals surface area (Å²) in [7, 11) is 1.73. The maximum Gasteiger partial charge on any atom is 0.342 e. The van der Waals surface area contributed by atoms with Gasteiger partial charge in [-0.15, -0.1) is 0 Å². The summed E-state index contributed by atoms with van der Waals surface area (Å²) < 4.78 is 6.73. The number of allylic oxidation sites excluding steroid dienone is 1. The van der Waals surface area contributed by atoms with Crippen molar-refractivity contribution >= 4 is 22.6 Å². The van der Waals surface area contributed by atoms with Crippen molar-refractivity contribution in [2.24, 2.45) is 7.05 Å². The lowest BCUT2D eigenvalue weighted by Gasteiger charge is -2.08. The van der Waals surface area contributed by atoms with Crippen LogP contribution >= 0.6 is 0 Å². The third-order valence-corrected chi connectivity index (χ3v) is 4.12. The standard InChI is InChI=1S/C20H17N3O4/c1-12-7-8-17(24)13(9-12)20(26)27-11-18(25)14(10-21)19-22-15-5-3-4-6-16(15)23(19)2/h3-9,24-25H,11H2,1-2H3. The summed E-state index contributed by atoms with van der Waals surface area (Å²) in [6.45, 7) is 1.26. The zero-order chi connectivity index (χ0) is 19.6. The summed E-state index contributed by atoms with van der Waals surface area (Å²) in [4.78, 5) is 16.5. The molecule has 136 valence electrons. The first kappa shape index (κ1) is 18.0. The largest absolute Gasteiger partial charge is 0.507 e. The van der Waals surface area contributed by atoms with Crippen molar-refractivity contribution < 1.29 is 19.7 Å². The number of aryl methyl sites for hydroxylation is 2. The van der Waals surface area contributed by atoms with Crippen molar-refractivity contribution in [3.8, 4) is 11.8 Å². The lowest BCUT2D eigenvalue weighted by Crippen LogP contribution is -2.10. The number of aromatic hydroxyl groups is 1. The number of imidazole rings is 1. The minimum atomic E-state index is -0.801. The molecule has 0 saturated heterocycles. The summed E-state index contributed by atoms with van der Waals surface area (Å²) >= 11 is 0. The van der Waals surface area contributed by atoms with Gasteiger partial charge in [0.05, 0.1) is 11.0 Å². The molecule has 0 spiro atoms. The van der Waals surface area contributed by atoms with Crippen LogP contribution < -0.4 is 0 Å². The molecule has 0 fully saturated rings. The Balaban J connectivity index is 1.87. The number of phenols is 1. The van der Waals surface area contributed by atoms with E-state index in [9.17, 15) is 20.3 Å². The van der Waals surface area contributed by atoms with Crippen LogP contribution in [0.2, 0.25) is 0 Å². The summed E-state index contributed by atoms with van der Waals surface area (Å²) in [5, 5.41) is 29.5. The van der Waals surface area contributed by atoms with Gasteiger partial charge in [-0.25, -0.2) is 9.78 Å². The van der Waals surface area contributed by atoms with Crippen LogP contribution in [-0.2, 0) is 11.8 Å². The van der Waals surface area contributed by atoms with E-state index in [1.165, 1.54) is 12.1 Å². The smallest absolute Gasteiger partial charge is 0.342 e. The van der Waals surface area contributed by atoms with E-state index in [0.717, 1.165) is 11.1 Å². The number of nitrogens with zero attached hydrogens (tertiary/aromatic N) is 3. The monoisotopic (exact) mass is 363 g/mol. The van der Waals surface area contributed by atoms with Crippen LogP contribution in [0.5, 0.6) is 5.75 Å². The van der Waals surface area contributed by atoms with Crippen LogP contribution in [0, 0.1) is 18.3 Å². The molecule has 0 aliphatic carbocycles. The fourth-order valence-electron chi connectivity index (χ4n) is 2.71. The highest BCUT2D eigenvalue weighted by molar-refractivity contribution is 5.93. The average molecular weight is 363 g/mol. The molecule has 3 rings (SSSR count). The maximum atomic E-state index is 12.2. The second-order valence-corrected chi connectivity index (χ2v) is 6.01. The number of hydrogen-bond donors (Lipinski definition) is 2. The molecule has 0 saturated carbocycles. The van der Waals surface area contributed by atoms with Crippen molar-refractivity contribution in [3.63, 3.8) is 0 Å². The number of aliphatic hydroxyl groups is 1. The van der Waals surface area contributed by atoms with E-state index in [-0.39, 0.29) is 22.7 Å². The molecule has 0 radical (unpaired) electrons. The topological polar surface area (TPSA) is 108 Å². The number of hydrogen-bond acceptors (Lipinski definition) is 6. The van der Waals surface area contributed by atoms with Crippen LogP contribution in [0.25, 0.3) is 16.6 Å². The molecule has 0 unspecified atom stereocenters. The Morgan fingerprint density at radius 2 is 2.04 bits per heavy atom. The van der Waals surface area contributed by atoms with E-state index in [4.69, 9.17) is 4.74 Å². The molecular weight excluding hydrogens is 346 g/mol. The summed E-state index contributed by atoms with van der Waals surface area (Å²) in [5.74, 6) is -1.17. The van der Waals surface area contributed by atoms with Gasteiger partial charge in [0.2, 0.25) is 0 Å². The van der Waals surface area contributed by atoms with Crippen molar-refractivity contribution in [2.45, 2.75) is 6.92 Å². The molecule has 3 aromatic rings. The molecule has 0 aliphatic rings. The van der Waals surface area contributed by atoms with Crippen LogP contribution in [-0.4, -0.2) is 32.3 Å². The van der Waals surface area contributed by atoms with Crippen molar-refractivity contribution in [1.29, 1.82) is 5.26 Å². The number of fused-ring (bicyclic) bond motifs is 1. The number of esters is 1. The van der Waals surface area contributed by atoms with Gasteiger partial charge in [0.15, 0.2) is 11.6 Å². The fraction of sp³-hybridized carbons (Fsp3) is 0.150. The summed E-state index contributed by atoms with van der Waals surface area (Å²) in [6, 6.07) is 13.8. The van der Waals surface area contributed by atoms with E-state index in [1.807, 2.05) is 24.3 Å². The summed E-state index contributed by atoms with van der Waals surface area (Å²) in [5.41, 5.74) is 2.16. The Labute approximate surface area is 155 Å². The Hall–Kier alpha value is -3.79. The zero-order valence-corrected chi connectivity index (χ0v) is 14.8. The minimum Gasteiger partial charge on any atom is -0.507 e. The van der Waals surface area contributed by atoms with E-state index in [2.05, 4.69) is 4.98 Å². The van der Waals surface area contributed by atoms with Crippen molar-refractivity contribution in [2.75, 3.05) is 6.61 Å². The number of carbonyl (C=O) groups excluding carboxylic acids is 1. The van der Waals surface area contributed by atoms with E-state index in [1.54, 1.807) is 30.7 Å². The second kappa shape index (κ2) is 7.22. The molecule has 1 heterocycles. The fourth-order valence-corrected chi connectivity index (χ4v) is 2.71. The normalized spacial score (nSPS) is 11.7. The predicted octanol–water partition coefficient (Wildman–Crippen LogP) is 3.24. The predicted molar refractivity (Wildman–Crippen MR) is 99.0 cm³/mol. The van der Waals surface area contributed by atoms with Gasteiger partial charge in [0, 0.05) is 7.05 Å². The highest BCUT2D eigenvalue weighted by Crippen LogP contribution is 2.23. The number of para-hydroxylation sites is 2. The molecule has 1 aromatic heterocycles. The zero-order valence-electron chi connectivity index (χ0n) is 14.8.